The Balaban J connectivity index is 1.37. The molecule has 3 N–H and O–H groups in total. The molecule has 180 valence electrons. The summed E-state index contributed by atoms with van der Waals surface area (Å²) >= 11 is 2.23. The van der Waals surface area contributed by atoms with Crippen LogP contribution in [-0.2, 0) is 25.8 Å². The number of imidazole rings is 1. The third-order valence-electron chi connectivity index (χ3n) is 5.51. The number of aromatic nitrogens is 4. The number of nitrogen functional groups attached to an aromatic ring is 1. The van der Waals surface area contributed by atoms with E-state index in [0.29, 0.717) is 11.3 Å². The molecule has 1 fully saturated rings. The first-order chi connectivity index (χ1) is 16.9. The van der Waals surface area contributed by atoms with E-state index >= 15 is 0 Å². The largest absolute Gasteiger partial charge is 0.543 e. The third-order valence-corrected chi connectivity index (χ3v) is 7.39. The van der Waals surface area contributed by atoms with Gasteiger partial charge in [0.05, 0.1) is 17.9 Å². The molecule has 0 bridgehead atoms. The molecule has 2 unspecified atom stereocenters. The number of amides is 2. The van der Waals surface area contributed by atoms with Gasteiger partial charge in [-0.2, -0.15) is 9.36 Å². The molecule has 13 nitrogen and oxygen atoms in total. The van der Waals surface area contributed by atoms with E-state index < -0.39 is 29.2 Å². The van der Waals surface area contributed by atoms with E-state index in [9.17, 15) is 19.5 Å². The number of anilines is 1. The number of pyridine rings is 1. The minimum atomic E-state index is -1.45. The van der Waals surface area contributed by atoms with Gasteiger partial charge < -0.3 is 25.8 Å². The summed E-state index contributed by atoms with van der Waals surface area (Å²) in [5.41, 5.74) is 6.56. The number of carboxylic acids is 1. The van der Waals surface area contributed by atoms with Crippen LogP contribution in [-0.4, -0.2) is 66.4 Å². The van der Waals surface area contributed by atoms with Gasteiger partial charge in [-0.25, -0.2) is 8.97 Å². The number of β-lactam (4-membered cyclic amide) rings is 1. The fraction of sp³-hybridized carbons (Fsp3) is 0.250. The van der Waals surface area contributed by atoms with Crippen LogP contribution in [0.25, 0.3) is 5.65 Å². The number of nitrogens with zero attached hydrogens (tertiary/aromatic N) is 6. The van der Waals surface area contributed by atoms with E-state index in [2.05, 4.69) is 19.8 Å². The molecule has 1 saturated heterocycles. The van der Waals surface area contributed by atoms with Crippen LogP contribution in [0.5, 0.6) is 0 Å². The average Bonchev–Trinajstić information content (AvgIpc) is 3.46. The van der Waals surface area contributed by atoms with Crippen LogP contribution >= 0.6 is 23.3 Å². The summed E-state index contributed by atoms with van der Waals surface area (Å²) < 4.78 is 7.74. The van der Waals surface area contributed by atoms with Crippen LogP contribution in [0.1, 0.15) is 5.82 Å². The van der Waals surface area contributed by atoms with Gasteiger partial charge in [-0.3, -0.25) is 14.5 Å². The van der Waals surface area contributed by atoms with Gasteiger partial charge in [-0.1, -0.05) is 11.2 Å². The van der Waals surface area contributed by atoms with Gasteiger partial charge in [-0.15, -0.1) is 11.8 Å². The Labute approximate surface area is 206 Å². The molecule has 3 aromatic rings. The van der Waals surface area contributed by atoms with Crippen molar-refractivity contribution >= 4 is 57.6 Å². The van der Waals surface area contributed by atoms with Gasteiger partial charge in [0.2, 0.25) is 11.5 Å². The van der Waals surface area contributed by atoms with Crippen LogP contribution in [0, 0.1) is 0 Å². The monoisotopic (exact) mass is 514 g/mol. The van der Waals surface area contributed by atoms with Gasteiger partial charge in [0.25, 0.3) is 17.5 Å². The summed E-state index contributed by atoms with van der Waals surface area (Å²) in [6.45, 7) is 0.270. The number of carbonyl (C=O) groups excluding carboxylic acids is 3. The number of rotatable bonds is 7. The van der Waals surface area contributed by atoms with Gasteiger partial charge in [0.1, 0.15) is 37.5 Å². The SMILES string of the molecule is CO/N=C(/C(=O)NC1C(=O)N2C(C(=O)[O-])=C(C[n+]3ccn4ccccc43)CSC12)c1nsc(N)n1. The van der Waals surface area contributed by atoms with Crippen LogP contribution in [0.15, 0.2) is 53.2 Å². The lowest BCUT2D eigenvalue weighted by Crippen LogP contribution is -2.71. The lowest BCUT2D eigenvalue weighted by molar-refractivity contribution is -0.662. The minimum absolute atomic E-state index is 0.0406. The Morgan fingerprint density at radius 1 is 1.40 bits per heavy atom. The van der Waals surface area contributed by atoms with E-state index in [1.165, 1.54) is 18.9 Å². The molecule has 0 saturated carbocycles. The molecular formula is C20H18N8O5S2. The maximum Gasteiger partial charge on any atom is 0.286 e. The third kappa shape index (κ3) is 3.97. The minimum Gasteiger partial charge on any atom is -0.543 e. The maximum absolute atomic E-state index is 13.0. The van der Waals surface area contributed by atoms with Crippen molar-refractivity contribution in [1.29, 1.82) is 0 Å². The van der Waals surface area contributed by atoms with Gasteiger partial charge >= 0.3 is 0 Å². The highest BCUT2D eigenvalue weighted by molar-refractivity contribution is 8.00. The summed E-state index contributed by atoms with van der Waals surface area (Å²) in [7, 11) is 1.25. The molecule has 2 amide bonds. The van der Waals surface area contributed by atoms with Crippen molar-refractivity contribution < 1.29 is 28.9 Å². The number of thioether (sulfide) groups is 1. The van der Waals surface area contributed by atoms with E-state index in [0.717, 1.165) is 22.1 Å². The van der Waals surface area contributed by atoms with Crippen LogP contribution in [0.3, 0.4) is 0 Å². The summed E-state index contributed by atoms with van der Waals surface area (Å²) in [5.74, 6) is -2.47. The normalized spacial score (nSPS) is 20.0. The summed E-state index contributed by atoms with van der Waals surface area (Å²) in [6, 6.07) is 4.71. The Morgan fingerprint density at radius 2 is 2.23 bits per heavy atom. The van der Waals surface area contributed by atoms with Crippen LogP contribution in [0.2, 0.25) is 0 Å². The van der Waals surface area contributed by atoms with Crippen LogP contribution in [0.4, 0.5) is 5.13 Å². The summed E-state index contributed by atoms with van der Waals surface area (Å²) in [4.78, 5) is 47.6. The zero-order valence-corrected chi connectivity index (χ0v) is 19.8. The summed E-state index contributed by atoms with van der Waals surface area (Å²) in [5, 5.41) is 17.8. The quantitative estimate of drug-likeness (QED) is 0.158. The van der Waals surface area contributed by atoms with Gasteiger partial charge in [-0.05, 0) is 6.07 Å². The lowest BCUT2D eigenvalue weighted by Gasteiger charge is -2.50. The smallest absolute Gasteiger partial charge is 0.286 e. The number of fused-ring (bicyclic) bond motifs is 2. The average molecular weight is 515 g/mol. The van der Waals surface area contributed by atoms with Crippen molar-refractivity contribution in [2.75, 3.05) is 18.6 Å². The molecular weight excluding hydrogens is 496 g/mol. The molecule has 0 aliphatic carbocycles. The molecule has 0 radical (unpaired) electrons. The highest BCUT2D eigenvalue weighted by atomic mass is 32.2. The number of hydrogen-bond donors (Lipinski definition) is 2. The first-order valence-electron chi connectivity index (χ1n) is 10.2. The predicted molar refractivity (Wildman–Crippen MR) is 123 cm³/mol. The summed E-state index contributed by atoms with van der Waals surface area (Å²) in [6.07, 6.45) is 5.58. The van der Waals surface area contributed by atoms with E-state index in [1.807, 2.05) is 45.8 Å². The van der Waals surface area contributed by atoms with Crippen molar-refractivity contribution in [2.45, 2.75) is 18.0 Å². The Kier molecular flexibility index (Phi) is 5.86. The second-order valence-corrected chi connectivity index (χ2v) is 9.46. The molecule has 5 rings (SSSR count). The van der Waals surface area contributed by atoms with Crippen LogP contribution < -0.4 is 20.7 Å². The van der Waals surface area contributed by atoms with Crippen molar-refractivity contribution in [2.24, 2.45) is 5.16 Å². The fourth-order valence-corrected chi connectivity index (χ4v) is 5.76. The topological polar surface area (TPSA) is 171 Å². The van der Waals surface area contributed by atoms with Crippen molar-refractivity contribution in [1.82, 2.24) is 24.0 Å². The predicted octanol–water partition coefficient (Wildman–Crippen LogP) is -1.88. The molecule has 5 heterocycles. The molecule has 2 aliphatic heterocycles. The van der Waals surface area contributed by atoms with Crippen molar-refractivity contribution in [3.63, 3.8) is 0 Å². The Morgan fingerprint density at radius 3 is 2.94 bits per heavy atom. The fourth-order valence-electron chi connectivity index (χ4n) is 3.99. The molecule has 0 aromatic carbocycles. The van der Waals surface area contributed by atoms with Crippen molar-refractivity contribution in [3.05, 3.63) is 53.9 Å². The second kappa shape index (κ2) is 8.99. The highest BCUT2D eigenvalue weighted by Gasteiger charge is 2.53. The Bertz CT molecular complexity index is 1410. The molecule has 2 aliphatic rings. The molecule has 3 aromatic heterocycles. The first-order valence-corrected chi connectivity index (χ1v) is 12.1. The number of oxime groups is 1. The van der Waals surface area contributed by atoms with E-state index in [4.69, 9.17) is 10.6 Å². The molecule has 0 spiro atoms. The lowest BCUT2D eigenvalue weighted by atomic mass is 10.0. The van der Waals surface area contributed by atoms with E-state index in [1.54, 1.807) is 0 Å². The number of carboxylic acid groups (broad SMARTS) is 1. The Hall–Kier alpha value is -3.98. The standard InChI is InChI=1S/C20H18N8O5S2/c1-33-24-12(15-23-20(21)35-25-15)16(29)22-13-17(30)28-14(19(31)32)10(9-34-18(13)28)8-27-7-6-26-5-3-2-4-11(26)27/h2-7,13,18H,8-9H2,1H3,(H3-,21,22,23,25,29,31,32)/b24-12+. The molecule has 2 atom stereocenters. The van der Waals surface area contributed by atoms with Crippen molar-refractivity contribution in [3.8, 4) is 0 Å². The van der Waals surface area contributed by atoms with E-state index in [-0.39, 0.29) is 28.9 Å². The number of nitrogens with one attached hydrogen (secondary N) is 1. The van der Waals surface area contributed by atoms with Gasteiger partial charge in [0, 0.05) is 28.9 Å². The number of hydrogen-bond acceptors (Lipinski definition) is 11. The van der Waals surface area contributed by atoms with Gasteiger partial charge in [0.15, 0.2) is 5.13 Å². The first kappa shape index (κ1) is 22.8. The zero-order valence-electron chi connectivity index (χ0n) is 18.2. The zero-order chi connectivity index (χ0) is 24.7. The highest BCUT2D eigenvalue weighted by Crippen LogP contribution is 2.40. The number of nitrogens with two attached hydrogens (primary N) is 1. The molecule has 15 heteroatoms. The number of carbonyl (C=O) groups is 3. The maximum atomic E-state index is 13.0. The molecule has 35 heavy (non-hydrogen) atoms. The number of aliphatic carboxylic acids is 1. The second-order valence-electron chi connectivity index (χ2n) is 7.57.